The molecule has 0 saturated heterocycles. The molecule has 1 atom stereocenters. The van der Waals surface area contributed by atoms with Gasteiger partial charge in [-0.05, 0) is 48.0 Å². The van der Waals surface area contributed by atoms with Gasteiger partial charge in [0.1, 0.15) is 19.0 Å². The van der Waals surface area contributed by atoms with Gasteiger partial charge in [-0.25, -0.2) is 4.79 Å². The highest BCUT2D eigenvalue weighted by molar-refractivity contribution is 7.80. The fourth-order valence-corrected chi connectivity index (χ4v) is 3.81. The van der Waals surface area contributed by atoms with Gasteiger partial charge in [0.2, 0.25) is 0 Å². The first-order valence-electron chi connectivity index (χ1n) is 10.4. The smallest absolute Gasteiger partial charge is 0.338 e. The number of nitrogens with one attached hydrogen (secondary N) is 2. The van der Waals surface area contributed by atoms with Crippen LogP contribution in [-0.2, 0) is 22.7 Å². The Kier molecular flexibility index (Phi) is 6.82. The van der Waals surface area contributed by atoms with Crippen molar-refractivity contribution >= 4 is 23.3 Å². The van der Waals surface area contributed by atoms with Crippen molar-refractivity contribution in [1.29, 1.82) is 0 Å². The number of carbonyl (C=O) groups excluding carboxylic acids is 1. The van der Waals surface area contributed by atoms with E-state index in [1.807, 2.05) is 91.9 Å². The lowest BCUT2D eigenvalue weighted by Crippen LogP contribution is -2.45. The van der Waals surface area contributed by atoms with Crippen LogP contribution in [0.25, 0.3) is 0 Å². The fourth-order valence-electron chi connectivity index (χ4n) is 3.54. The zero-order valence-corrected chi connectivity index (χ0v) is 18.5. The highest BCUT2D eigenvalue weighted by Gasteiger charge is 2.31. The molecule has 0 bridgehead atoms. The molecule has 1 aliphatic heterocycles. The summed E-state index contributed by atoms with van der Waals surface area (Å²) in [7, 11) is 0. The zero-order chi connectivity index (χ0) is 22.3. The number of thiocarbonyl (C=S) groups is 1. The first-order valence-corrected chi connectivity index (χ1v) is 10.8. The van der Waals surface area contributed by atoms with E-state index in [1.165, 1.54) is 0 Å². The van der Waals surface area contributed by atoms with Crippen molar-refractivity contribution in [3.05, 3.63) is 113 Å². The van der Waals surface area contributed by atoms with Crippen LogP contribution in [0.4, 0.5) is 0 Å². The normalized spacial score (nSPS) is 15.5. The third-order valence-electron chi connectivity index (χ3n) is 5.14. The molecule has 4 rings (SSSR count). The van der Waals surface area contributed by atoms with E-state index in [9.17, 15) is 4.79 Å². The van der Waals surface area contributed by atoms with Crippen molar-refractivity contribution in [1.82, 2.24) is 10.6 Å². The second-order valence-corrected chi connectivity index (χ2v) is 7.89. The highest BCUT2D eigenvalue weighted by atomic mass is 32.1. The van der Waals surface area contributed by atoms with Gasteiger partial charge >= 0.3 is 5.97 Å². The van der Waals surface area contributed by atoms with E-state index >= 15 is 0 Å². The molecule has 3 aromatic carbocycles. The predicted octanol–water partition coefficient (Wildman–Crippen LogP) is 4.80. The van der Waals surface area contributed by atoms with Gasteiger partial charge in [-0.15, -0.1) is 0 Å². The highest BCUT2D eigenvalue weighted by Crippen LogP contribution is 2.30. The Hall–Kier alpha value is -3.64. The number of hydrogen-bond donors (Lipinski definition) is 2. The second-order valence-electron chi connectivity index (χ2n) is 7.48. The van der Waals surface area contributed by atoms with Crippen LogP contribution >= 0.6 is 12.2 Å². The van der Waals surface area contributed by atoms with Gasteiger partial charge in [-0.1, -0.05) is 72.8 Å². The molecular formula is C26H24N2O3S. The van der Waals surface area contributed by atoms with Gasteiger partial charge in [0, 0.05) is 5.70 Å². The van der Waals surface area contributed by atoms with Gasteiger partial charge in [0.25, 0.3) is 0 Å². The molecule has 3 aromatic rings. The lowest BCUT2D eigenvalue weighted by molar-refractivity contribution is -0.140. The summed E-state index contributed by atoms with van der Waals surface area (Å²) < 4.78 is 11.6. The minimum atomic E-state index is -0.438. The molecular weight excluding hydrogens is 420 g/mol. The Bertz CT molecular complexity index is 1130. The minimum Gasteiger partial charge on any atom is -0.489 e. The molecule has 0 spiro atoms. The van der Waals surface area contributed by atoms with Gasteiger partial charge in [-0.3, -0.25) is 0 Å². The van der Waals surface area contributed by atoms with Gasteiger partial charge in [0.15, 0.2) is 5.11 Å². The molecule has 0 radical (unpaired) electrons. The number of rotatable bonds is 7. The Morgan fingerprint density at radius 1 is 0.906 bits per heavy atom. The van der Waals surface area contributed by atoms with Gasteiger partial charge in [-0.2, -0.15) is 0 Å². The average molecular weight is 445 g/mol. The monoisotopic (exact) mass is 444 g/mol. The van der Waals surface area contributed by atoms with Crippen LogP contribution in [0.1, 0.15) is 29.7 Å². The Labute approximate surface area is 193 Å². The first kappa shape index (κ1) is 21.6. The van der Waals surface area contributed by atoms with Crippen LogP contribution in [0.15, 0.2) is 96.2 Å². The summed E-state index contributed by atoms with van der Waals surface area (Å²) in [5, 5.41) is 6.70. The van der Waals surface area contributed by atoms with Crippen LogP contribution in [0.3, 0.4) is 0 Å². The van der Waals surface area contributed by atoms with E-state index in [0.29, 0.717) is 28.7 Å². The summed E-state index contributed by atoms with van der Waals surface area (Å²) in [6, 6.07) is 26.8. The fraction of sp³-hybridized carbons (Fsp3) is 0.154. The predicted molar refractivity (Wildman–Crippen MR) is 128 cm³/mol. The first-order chi connectivity index (χ1) is 15.6. The minimum absolute atomic E-state index is 0.202. The maximum absolute atomic E-state index is 13.0. The van der Waals surface area contributed by atoms with Gasteiger partial charge in [0.05, 0.1) is 11.6 Å². The summed E-state index contributed by atoms with van der Waals surface area (Å²) >= 11 is 5.35. The third kappa shape index (κ3) is 5.34. The molecule has 1 unspecified atom stereocenters. The summed E-state index contributed by atoms with van der Waals surface area (Å²) in [5.74, 6) is 0.321. The van der Waals surface area contributed by atoms with Crippen LogP contribution in [0.5, 0.6) is 5.75 Å². The molecule has 1 heterocycles. The number of carbonyl (C=O) groups is 1. The number of esters is 1. The van der Waals surface area contributed by atoms with Crippen LogP contribution in [0.2, 0.25) is 0 Å². The van der Waals surface area contributed by atoms with Crippen molar-refractivity contribution in [2.75, 3.05) is 0 Å². The van der Waals surface area contributed by atoms with E-state index in [2.05, 4.69) is 10.6 Å². The molecule has 0 aromatic heterocycles. The van der Waals surface area contributed by atoms with Crippen molar-refractivity contribution in [2.45, 2.75) is 26.2 Å². The Morgan fingerprint density at radius 2 is 1.56 bits per heavy atom. The molecule has 0 aliphatic carbocycles. The Balaban J connectivity index is 1.53. The van der Waals surface area contributed by atoms with Crippen LogP contribution in [-0.4, -0.2) is 11.1 Å². The van der Waals surface area contributed by atoms with Crippen molar-refractivity contribution in [2.24, 2.45) is 0 Å². The van der Waals surface area contributed by atoms with Crippen molar-refractivity contribution in [3.8, 4) is 5.75 Å². The molecule has 2 N–H and O–H groups in total. The van der Waals surface area contributed by atoms with Crippen LogP contribution in [0, 0.1) is 0 Å². The second kappa shape index (κ2) is 10.1. The number of allylic oxidation sites excluding steroid dienone is 1. The number of hydrogen-bond acceptors (Lipinski definition) is 4. The lowest BCUT2D eigenvalue weighted by Gasteiger charge is -2.30. The van der Waals surface area contributed by atoms with E-state index < -0.39 is 12.0 Å². The standard InChI is InChI=1S/C26H24N2O3S/c1-18-23(25(29)31-17-20-11-6-3-7-12-20)24(28-26(32)27-18)21-13-8-14-22(15-21)30-16-19-9-4-2-5-10-19/h2-15,24H,16-17H2,1H3,(H2,27,28,32). The maximum atomic E-state index is 13.0. The third-order valence-corrected chi connectivity index (χ3v) is 5.36. The molecule has 0 fully saturated rings. The molecule has 162 valence electrons. The van der Waals surface area contributed by atoms with Crippen LogP contribution < -0.4 is 15.4 Å². The average Bonchev–Trinajstić information content (AvgIpc) is 2.82. The topological polar surface area (TPSA) is 59.6 Å². The molecule has 0 amide bonds. The summed E-state index contributed by atoms with van der Waals surface area (Å²) in [6.45, 7) is 2.49. The Morgan fingerprint density at radius 3 is 2.25 bits per heavy atom. The summed E-state index contributed by atoms with van der Waals surface area (Å²) in [4.78, 5) is 13.0. The molecule has 32 heavy (non-hydrogen) atoms. The summed E-state index contributed by atoms with van der Waals surface area (Å²) in [6.07, 6.45) is 0. The number of ether oxygens (including phenoxy) is 2. The zero-order valence-electron chi connectivity index (χ0n) is 17.7. The van der Waals surface area contributed by atoms with Crippen molar-refractivity contribution in [3.63, 3.8) is 0 Å². The molecule has 0 saturated carbocycles. The number of benzene rings is 3. The largest absolute Gasteiger partial charge is 0.489 e. The van der Waals surface area contributed by atoms with Crippen molar-refractivity contribution < 1.29 is 14.3 Å². The molecule has 6 heteroatoms. The lowest BCUT2D eigenvalue weighted by atomic mass is 9.95. The van der Waals surface area contributed by atoms with Gasteiger partial charge < -0.3 is 20.1 Å². The maximum Gasteiger partial charge on any atom is 0.338 e. The van der Waals surface area contributed by atoms with E-state index in [1.54, 1.807) is 0 Å². The summed E-state index contributed by atoms with van der Waals surface area (Å²) in [5.41, 5.74) is 4.05. The van der Waals surface area contributed by atoms with E-state index in [4.69, 9.17) is 21.7 Å². The SMILES string of the molecule is CC1=C(C(=O)OCc2ccccc2)C(c2cccc(OCc3ccccc3)c2)NC(=S)N1. The molecule has 5 nitrogen and oxygen atoms in total. The molecule has 1 aliphatic rings. The quantitative estimate of drug-likeness (QED) is 0.403. The van der Waals surface area contributed by atoms with E-state index in [-0.39, 0.29) is 6.61 Å². The van der Waals surface area contributed by atoms with E-state index in [0.717, 1.165) is 16.7 Å².